The van der Waals surface area contributed by atoms with Gasteiger partial charge in [-0.25, -0.2) is 15.0 Å². The number of aromatic nitrogens is 4. The minimum Gasteiger partial charge on any atom is -0.382 e. The highest BCUT2D eigenvalue weighted by Gasteiger charge is 2.35. The maximum Gasteiger partial charge on any atom is 0.150 e. The zero-order valence-electron chi connectivity index (χ0n) is 19.6. The average molecular weight is 466 g/mol. The van der Waals surface area contributed by atoms with E-state index >= 15 is 0 Å². The Morgan fingerprint density at radius 3 is 2.63 bits per heavy atom. The number of hydrogen-bond acceptors (Lipinski definition) is 6. The highest BCUT2D eigenvalue weighted by Crippen LogP contribution is 2.41. The number of anilines is 1. The van der Waals surface area contributed by atoms with E-state index in [1.807, 2.05) is 24.4 Å². The van der Waals surface area contributed by atoms with Crippen LogP contribution in [0, 0.1) is 0 Å². The number of nitrogen functional groups attached to an aromatic ring is 1. The lowest BCUT2D eigenvalue weighted by molar-refractivity contribution is -0.0321. The highest BCUT2D eigenvalue weighted by molar-refractivity contribution is 5.91. The molecule has 0 spiro atoms. The van der Waals surface area contributed by atoms with E-state index in [1.54, 1.807) is 13.3 Å². The molecule has 1 fully saturated rings. The van der Waals surface area contributed by atoms with Gasteiger partial charge in [0.1, 0.15) is 22.9 Å². The summed E-state index contributed by atoms with van der Waals surface area (Å²) in [6, 6.07) is 20.7. The molecule has 3 aromatic heterocycles. The predicted molar refractivity (Wildman–Crippen MR) is 137 cm³/mol. The van der Waals surface area contributed by atoms with Crippen molar-refractivity contribution in [1.29, 1.82) is 0 Å². The molecule has 6 rings (SSSR count). The van der Waals surface area contributed by atoms with Crippen LogP contribution in [0.15, 0.2) is 73.1 Å². The topological polar surface area (TPSA) is 87.6 Å². The Labute approximate surface area is 203 Å². The van der Waals surface area contributed by atoms with Gasteiger partial charge in [-0.3, -0.25) is 4.40 Å². The van der Waals surface area contributed by atoms with Crippen molar-refractivity contribution >= 4 is 22.2 Å². The lowest BCUT2D eigenvalue weighted by Crippen LogP contribution is -2.31. The van der Waals surface area contributed by atoms with Gasteiger partial charge in [-0.2, -0.15) is 0 Å². The molecule has 0 saturated heterocycles. The maximum absolute atomic E-state index is 6.36. The number of nitrogens with zero attached hydrogens (tertiary/aromatic N) is 4. The summed E-state index contributed by atoms with van der Waals surface area (Å²) in [5.74, 6) is 1.79. The van der Waals surface area contributed by atoms with E-state index in [0.29, 0.717) is 24.9 Å². The van der Waals surface area contributed by atoms with Gasteiger partial charge >= 0.3 is 0 Å². The lowest BCUT2D eigenvalue weighted by Gasteiger charge is -2.34. The van der Waals surface area contributed by atoms with Gasteiger partial charge in [-0.05, 0) is 25.0 Å². The van der Waals surface area contributed by atoms with Gasteiger partial charge in [0.2, 0.25) is 0 Å². The van der Waals surface area contributed by atoms with Crippen molar-refractivity contribution in [3.63, 3.8) is 0 Å². The van der Waals surface area contributed by atoms with Gasteiger partial charge < -0.3 is 15.2 Å². The summed E-state index contributed by atoms with van der Waals surface area (Å²) in [7, 11) is 1.69. The largest absolute Gasteiger partial charge is 0.382 e. The first-order valence-electron chi connectivity index (χ1n) is 11.9. The van der Waals surface area contributed by atoms with Crippen LogP contribution < -0.4 is 5.73 Å². The van der Waals surface area contributed by atoms with E-state index in [4.69, 9.17) is 25.2 Å². The number of benzene rings is 2. The number of nitrogens with two attached hydrogens (primary N) is 1. The number of methoxy groups -OCH3 is 1. The minimum absolute atomic E-state index is 0.242. The number of ether oxygens (including phenoxy) is 2. The van der Waals surface area contributed by atoms with E-state index in [-0.39, 0.29) is 6.10 Å². The van der Waals surface area contributed by atoms with Crippen LogP contribution in [0.5, 0.6) is 0 Å². The average Bonchev–Trinajstić information content (AvgIpc) is 3.26. The van der Waals surface area contributed by atoms with E-state index in [1.165, 1.54) is 0 Å². The van der Waals surface area contributed by atoms with Crippen molar-refractivity contribution in [3.05, 3.63) is 78.9 Å². The SMILES string of the molecule is COCCOC1CC(c2nc(-c3ccc4ccc(-c5ccccc5)nc4c3)c3c(N)nccn23)C1. The molecule has 0 aliphatic heterocycles. The molecule has 2 N–H and O–H groups in total. The Kier molecular flexibility index (Phi) is 5.64. The Bertz CT molecular complexity index is 1490. The Morgan fingerprint density at radius 1 is 0.971 bits per heavy atom. The van der Waals surface area contributed by atoms with Gasteiger partial charge in [-0.1, -0.05) is 48.5 Å². The molecule has 0 atom stereocenters. The second kappa shape index (κ2) is 9.09. The van der Waals surface area contributed by atoms with Gasteiger partial charge in [0.15, 0.2) is 0 Å². The maximum atomic E-state index is 6.36. The van der Waals surface area contributed by atoms with Crippen molar-refractivity contribution < 1.29 is 9.47 Å². The molecular weight excluding hydrogens is 438 g/mol. The Balaban J connectivity index is 1.38. The normalized spacial score (nSPS) is 17.6. The van der Waals surface area contributed by atoms with Gasteiger partial charge in [0, 0.05) is 41.9 Å². The number of fused-ring (bicyclic) bond motifs is 2. The molecule has 0 radical (unpaired) electrons. The molecule has 176 valence electrons. The summed E-state index contributed by atoms with van der Waals surface area (Å²) in [6.45, 7) is 1.23. The molecule has 7 heteroatoms. The first-order valence-corrected chi connectivity index (χ1v) is 11.9. The monoisotopic (exact) mass is 465 g/mol. The molecule has 35 heavy (non-hydrogen) atoms. The highest BCUT2D eigenvalue weighted by atomic mass is 16.5. The van der Waals surface area contributed by atoms with Gasteiger partial charge in [0.25, 0.3) is 0 Å². The third-order valence-electron chi connectivity index (χ3n) is 6.75. The molecule has 0 unspecified atom stereocenters. The van der Waals surface area contributed by atoms with E-state index in [0.717, 1.165) is 57.6 Å². The van der Waals surface area contributed by atoms with Crippen LogP contribution in [0.25, 0.3) is 38.9 Å². The third-order valence-corrected chi connectivity index (χ3v) is 6.75. The van der Waals surface area contributed by atoms with Crippen molar-refractivity contribution in [1.82, 2.24) is 19.4 Å². The summed E-state index contributed by atoms with van der Waals surface area (Å²) in [6.07, 6.45) is 5.79. The molecular formula is C28H27N5O2. The molecule has 0 amide bonds. The van der Waals surface area contributed by atoms with Crippen LogP contribution in [0.3, 0.4) is 0 Å². The summed E-state index contributed by atoms with van der Waals surface area (Å²) < 4.78 is 13.1. The van der Waals surface area contributed by atoms with Crippen molar-refractivity contribution in [3.8, 4) is 22.5 Å². The molecule has 5 aromatic rings. The van der Waals surface area contributed by atoms with Crippen molar-refractivity contribution in [2.45, 2.75) is 24.9 Å². The zero-order chi connectivity index (χ0) is 23.8. The first kappa shape index (κ1) is 21.7. The smallest absolute Gasteiger partial charge is 0.150 e. The standard InChI is InChI=1S/C28H27N5O2/c1-34-13-14-35-22-15-21(16-22)28-32-25(26-27(29)30-11-12-33(26)28)20-8-7-19-9-10-23(31-24(19)17-20)18-5-3-2-4-6-18/h2-12,17,21-22H,13-16H2,1H3,(H2,29,30). The van der Waals surface area contributed by atoms with Crippen molar-refractivity contribution in [2.24, 2.45) is 0 Å². The molecule has 2 aromatic carbocycles. The Morgan fingerprint density at radius 2 is 1.80 bits per heavy atom. The molecule has 0 bridgehead atoms. The summed E-state index contributed by atoms with van der Waals surface area (Å²) in [4.78, 5) is 14.4. The summed E-state index contributed by atoms with van der Waals surface area (Å²) in [5, 5.41) is 1.08. The molecule has 1 aliphatic rings. The van der Waals surface area contributed by atoms with Crippen LogP contribution in [-0.4, -0.2) is 45.8 Å². The molecule has 3 heterocycles. The quantitative estimate of drug-likeness (QED) is 0.336. The van der Waals surface area contributed by atoms with Crippen LogP contribution in [-0.2, 0) is 9.47 Å². The second-order valence-corrected chi connectivity index (χ2v) is 8.97. The molecule has 1 aliphatic carbocycles. The minimum atomic E-state index is 0.242. The van der Waals surface area contributed by atoms with Crippen molar-refractivity contribution in [2.75, 3.05) is 26.1 Å². The van der Waals surface area contributed by atoms with E-state index < -0.39 is 0 Å². The van der Waals surface area contributed by atoms with Crippen LogP contribution in [0.1, 0.15) is 24.6 Å². The van der Waals surface area contributed by atoms with E-state index in [2.05, 4.69) is 51.8 Å². The number of hydrogen-bond donors (Lipinski definition) is 1. The molecule has 1 saturated carbocycles. The predicted octanol–water partition coefficient (Wildman–Crippen LogP) is 5.10. The lowest BCUT2D eigenvalue weighted by atomic mass is 9.81. The second-order valence-electron chi connectivity index (χ2n) is 8.97. The Hall–Kier alpha value is -3.81. The number of rotatable bonds is 7. The fourth-order valence-corrected chi connectivity index (χ4v) is 4.82. The molecule has 7 nitrogen and oxygen atoms in total. The van der Waals surface area contributed by atoms with Gasteiger partial charge in [0.05, 0.1) is 30.5 Å². The van der Waals surface area contributed by atoms with Gasteiger partial charge in [-0.15, -0.1) is 0 Å². The van der Waals surface area contributed by atoms with Crippen LogP contribution in [0.4, 0.5) is 5.82 Å². The fraction of sp³-hybridized carbons (Fsp3) is 0.250. The van der Waals surface area contributed by atoms with Crippen LogP contribution >= 0.6 is 0 Å². The summed E-state index contributed by atoms with van der Waals surface area (Å²) in [5.41, 5.74) is 12.0. The third kappa shape index (κ3) is 4.03. The summed E-state index contributed by atoms with van der Waals surface area (Å²) >= 11 is 0. The number of pyridine rings is 1. The number of imidazole rings is 1. The first-order chi connectivity index (χ1) is 17.2. The van der Waals surface area contributed by atoms with E-state index in [9.17, 15) is 0 Å². The fourth-order valence-electron chi connectivity index (χ4n) is 4.82. The zero-order valence-corrected chi connectivity index (χ0v) is 19.6. The van der Waals surface area contributed by atoms with Crippen LogP contribution in [0.2, 0.25) is 0 Å².